The van der Waals surface area contributed by atoms with E-state index in [0.29, 0.717) is 0 Å². The summed E-state index contributed by atoms with van der Waals surface area (Å²) in [5, 5.41) is 2.63. The Kier molecular flexibility index (Phi) is 5.31. The van der Waals surface area contributed by atoms with Crippen LogP contribution < -0.4 is 5.09 Å². The molecule has 0 aliphatic rings. The minimum atomic E-state index is -3.43. The van der Waals surface area contributed by atoms with Crippen LogP contribution >= 0.6 is 41.3 Å². The van der Waals surface area contributed by atoms with Gasteiger partial charge in [0, 0.05) is 16.8 Å². The van der Waals surface area contributed by atoms with Crippen LogP contribution in [0, 0.1) is 0 Å². The fourth-order valence-electron chi connectivity index (χ4n) is 0.634. The molecule has 0 fully saturated rings. The SMILES string of the molecule is CC(OP(=O)(Cl)NC(C)(C)C)=C(Cl)Cl. The molecule has 1 unspecified atom stereocenters. The maximum Gasteiger partial charge on any atom is 0.409 e. The quantitative estimate of drug-likeness (QED) is 0.615. The Hall–Kier alpha value is 0.600. The van der Waals surface area contributed by atoms with E-state index in [-0.39, 0.29) is 10.3 Å². The summed E-state index contributed by atoms with van der Waals surface area (Å²) in [7, 11) is 0. The third-order valence-corrected chi connectivity index (χ3v) is 3.43. The molecule has 0 aliphatic carbocycles. The first kappa shape index (κ1) is 14.6. The van der Waals surface area contributed by atoms with Crippen LogP contribution in [0.15, 0.2) is 10.3 Å². The third kappa shape index (κ3) is 6.97. The standard InChI is InChI=1S/C7H13Cl3NO2P/c1-5(6(8)9)13-14(10,12)11-7(2,3)4/h1-4H3,(H,11,12). The molecular weight excluding hydrogens is 267 g/mol. The van der Waals surface area contributed by atoms with Gasteiger partial charge >= 0.3 is 6.87 Å². The molecule has 1 atom stereocenters. The van der Waals surface area contributed by atoms with Crippen LogP contribution in [0.4, 0.5) is 0 Å². The molecule has 0 saturated carbocycles. The van der Waals surface area contributed by atoms with E-state index in [2.05, 4.69) is 5.09 Å². The number of nitrogens with one attached hydrogen (secondary N) is 1. The van der Waals surface area contributed by atoms with E-state index in [1.165, 1.54) is 6.92 Å². The van der Waals surface area contributed by atoms with Gasteiger partial charge in [-0.15, -0.1) is 0 Å². The van der Waals surface area contributed by atoms with Crippen LogP contribution in [0.1, 0.15) is 27.7 Å². The van der Waals surface area contributed by atoms with Crippen molar-refractivity contribution in [3.05, 3.63) is 10.3 Å². The Labute approximate surface area is 99.0 Å². The first-order valence-electron chi connectivity index (χ1n) is 3.84. The van der Waals surface area contributed by atoms with Crippen molar-refractivity contribution in [1.82, 2.24) is 5.09 Å². The average Bonchev–Trinajstić information content (AvgIpc) is 1.78. The molecule has 0 spiro atoms. The van der Waals surface area contributed by atoms with Crippen molar-refractivity contribution in [2.45, 2.75) is 33.2 Å². The molecule has 3 nitrogen and oxygen atoms in total. The van der Waals surface area contributed by atoms with Gasteiger partial charge in [0.1, 0.15) is 10.3 Å². The Morgan fingerprint density at radius 1 is 1.36 bits per heavy atom. The lowest BCUT2D eigenvalue weighted by molar-refractivity contribution is 0.384. The van der Waals surface area contributed by atoms with Gasteiger partial charge in [-0.1, -0.05) is 23.2 Å². The zero-order valence-electron chi connectivity index (χ0n) is 8.40. The lowest BCUT2D eigenvalue weighted by atomic mass is 10.1. The molecule has 0 aromatic heterocycles. The molecule has 1 N–H and O–H groups in total. The highest BCUT2D eigenvalue weighted by Gasteiger charge is 2.27. The summed E-state index contributed by atoms with van der Waals surface area (Å²) in [6.45, 7) is 3.49. The number of halogens is 3. The first-order valence-corrected chi connectivity index (χ1v) is 7.13. The van der Waals surface area contributed by atoms with E-state index in [1.807, 2.05) is 20.8 Å². The fraction of sp³-hybridized carbons (Fsp3) is 0.714. The van der Waals surface area contributed by atoms with E-state index in [9.17, 15) is 4.57 Å². The van der Waals surface area contributed by atoms with Gasteiger partial charge in [-0.05, 0) is 27.7 Å². The van der Waals surface area contributed by atoms with Crippen molar-refractivity contribution in [1.29, 1.82) is 0 Å². The molecule has 0 radical (unpaired) electrons. The minimum absolute atomic E-state index is 0.0958. The summed E-state index contributed by atoms with van der Waals surface area (Å²) in [5.74, 6) is 0.128. The number of hydrogen-bond donors (Lipinski definition) is 1. The van der Waals surface area contributed by atoms with Crippen molar-refractivity contribution in [2.24, 2.45) is 0 Å². The normalized spacial score (nSPS) is 15.9. The van der Waals surface area contributed by atoms with Gasteiger partial charge in [-0.3, -0.25) is 0 Å². The van der Waals surface area contributed by atoms with Crippen LogP contribution in [0.2, 0.25) is 0 Å². The van der Waals surface area contributed by atoms with Crippen LogP contribution in [0.5, 0.6) is 0 Å². The van der Waals surface area contributed by atoms with Gasteiger partial charge < -0.3 is 4.52 Å². The maximum absolute atomic E-state index is 11.6. The van der Waals surface area contributed by atoms with Gasteiger partial charge in [-0.2, -0.15) is 0 Å². The largest absolute Gasteiger partial charge is 0.424 e. The van der Waals surface area contributed by atoms with E-state index in [0.717, 1.165) is 0 Å². The van der Waals surface area contributed by atoms with E-state index in [4.69, 9.17) is 39.0 Å². The van der Waals surface area contributed by atoms with Crippen LogP contribution in [0.3, 0.4) is 0 Å². The summed E-state index contributed by atoms with van der Waals surface area (Å²) in [5.41, 5.74) is -0.420. The molecule has 0 amide bonds. The molecule has 7 heteroatoms. The molecule has 0 aromatic rings. The second-order valence-corrected chi connectivity index (χ2v) is 7.40. The molecule has 0 aromatic carbocycles. The van der Waals surface area contributed by atoms with Gasteiger partial charge in [0.15, 0.2) is 0 Å². The van der Waals surface area contributed by atoms with Crippen LogP contribution in [-0.2, 0) is 9.09 Å². The summed E-state index contributed by atoms with van der Waals surface area (Å²) in [6.07, 6.45) is 0. The average molecular weight is 281 g/mol. The molecular formula is C7H13Cl3NO2P. The van der Waals surface area contributed by atoms with Gasteiger partial charge in [0.2, 0.25) is 0 Å². The summed E-state index contributed by atoms with van der Waals surface area (Å²) >= 11 is 16.5. The number of rotatable bonds is 3. The maximum atomic E-state index is 11.6. The molecule has 0 aliphatic heterocycles. The molecule has 84 valence electrons. The van der Waals surface area contributed by atoms with E-state index in [1.54, 1.807) is 0 Å². The Balaban J connectivity index is 4.53. The third-order valence-electron chi connectivity index (χ3n) is 0.989. The van der Waals surface area contributed by atoms with E-state index < -0.39 is 12.4 Å². The second kappa shape index (κ2) is 5.09. The van der Waals surface area contributed by atoms with Crippen molar-refractivity contribution in [3.63, 3.8) is 0 Å². The molecule has 14 heavy (non-hydrogen) atoms. The first-order chi connectivity index (χ1) is 6.03. The Morgan fingerprint density at radius 3 is 2.07 bits per heavy atom. The van der Waals surface area contributed by atoms with Gasteiger partial charge in [0.05, 0.1) is 0 Å². The van der Waals surface area contributed by atoms with Crippen LogP contribution in [-0.4, -0.2) is 5.54 Å². The topological polar surface area (TPSA) is 38.3 Å². The lowest BCUT2D eigenvalue weighted by Crippen LogP contribution is -2.32. The monoisotopic (exact) mass is 279 g/mol. The van der Waals surface area contributed by atoms with Crippen molar-refractivity contribution >= 4 is 41.3 Å². The minimum Gasteiger partial charge on any atom is -0.424 e. The molecule has 0 bridgehead atoms. The molecule has 0 heterocycles. The highest BCUT2D eigenvalue weighted by molar-refractivity contribution is 7.83. The zero-order chi connectivity index (χ0) is 11.6. The van der Waals surface area contributed by atoms with Crippen molar-refractivity contribution in [2.75, 3.05) is 0 Å². The van der Waals surface area contributed by atoms with Crippen molar-refractivity contribution in [3.8, 4) is 0 Å². The highest BCUT2D eigenvalue weighted by Crippen LogP contribution is 2.52. The fourth-order valence-corrected chi connectivity index (χ4v) is 3.18. The Bertz CT molecular complexity index is 281. The summed E-state index contributed by atoms with van der Waals surface area (Å²) in [6, 6.07) is 0. The smallest absolute Gasteiger partial charge is 0.409 e. The predicted octanol–water partition coefficient (Wildman–Crippen LogP) is 4.40. The summed E-state index contributed by atoms with van der Waals surface area (Å²) < 4.78 is 16.4. The highest BCUT2D eigenvalue weighted by atomic mass is 35.7. The second-order valence-electron chi connectivity index (χ2n) is 3.75. The lowest BCUT2D eigenvalue weighted by Gasteiger charge is -2.24. The van der Waals surface area contributed by atoms with Gasteiger partial charge in [-0.25, -0.2) is 9.65 Å². The molecule has 0 saturated heterocycles. The van der Waals surface area contributed by atoms with Gasteiger partial charge in [0.25, 0.3) is 0 Å². The predicted molar refractivity (Wildman–Crippen MR) is 61.8 cm³/mol. The Morgan fingerprint density at radius 2 is 1.79 bits per heavy atom. The molecule has 0 rings (SSSR count). The van der Waals surface area contributed by atoms with E-state index >= 15 is 0 Å². The summed E-state index contributed by atoms with van der Waals surface area (Å²) in [4.78, 5) is 0. The zero-order valence-corrected chi connectivity index (χ0v) is 11.6. The number of hydrogen-bond acceptors (Lipinski definition) is 2. The van der Waals surface area contributed by atoms with Crippen LogP contribution in [0.25, 0.3) is 0 Å². The van der Waals surface area contributed by atoms with Crippen molar-refractivity contribution < 1.29 is 9.09 Å². The number of allylic oxidation sites excluding steroid dienone is 1.